The van der Waals surface area contributed by atoms with Crippen molar-refractivity contribution in [1.29, 1.82) is 0 Å². The van der Waals surface area contributed by atoms with E-state index in [4.69, 9.17) is 11.6 Å². The number of thiophene rings is 1. The molecule has 0 radical (unpaired) electrons. The fraction of sp³-hybridized carbons (Fsp3) is 0.0667. The molecule has 0 atom stereocenters. The first kappa shape index (κ1) is 14.4. The quantitative estimate of drug-likeness (QED) is 0.815. The number of amides is 1. The molecule has 0 aliphatic carbocycles. The van der Waals surface area contributed by atoms with E-state index in [0.717, 1.165) is 16.1 Å². The zero-order valence-corrected chi connectivity index (χ0v) is 13.5. The molecule has 3 rings (SSSR count). The number of rotatable bonds is 2. The van der Waals surface area contributed by atoms with Crippen molar-refractivity contribution >= 4 is 57.5 Å². The van der Waals surface area contributed by atoms with Gasteiger partial charge in [-0.2, -0.15) is 0 Å². The number of halogens is 1. The number of hydrogen-bond acceptors (Lipinski definition) is 4. The predicted octanol–water partition coefficient (Wildman–Crippen LogP) is 4.60. The van der Waals surface area contributed by atoms with E-state index in [2.05, 4.69) is 10.3 Å². The average molecular weight is 335 g/mol. The molecular formula is C15H11ClN2OS2. The lowest BCUT2D eigenvalue weighted by Crippen LogP contribution is -2.19. The van der Waals surface area contributed by atoms with Crippen LogP contribution in [-0.2, 0) is 4.79 Å². The molecule has 6 heteroatoms. The topological polar surface area (TPSA) is 41.5 Å². The molecule has 1 aliphatic rings. The molecule has 0 unspecified atom stereocenters. The Hall–Kier alpha value is -1.56. The lowest BCUT2D eigenvalue weighted by molar-refractivity contribution is -0.115. The number of benzene rings is 1. The molecule has 3 nitrogen and oxygen atoms in total. The summed E-state index contributed by atoms with van der Waals surface area (Å²) < 4.78 is 0. The SMILES string of the molecule is Cc1c(Cl)cccc1N=C1NC(=O)/C(=C/c2cccs2)S1. The molecule has 1 N–H and O–H groups in total. The summed E-state index contributed by atoms with van der Waals surface area (Å²) in [6.07, 6.45) is 1.87. The van der Waals surface area contributed by atoms with Crippen LogP contribution in [0.1, 0.15) is 10.4 Å². The maximum atomic E-state index is 12.0. The summed E-state index contributed by atoms with van der Waals surface area (Å²) in [5, 5.41) is 6.00. The molecule has 2 aromatic rings. The largest absolute Gasteiger partial charge is 0.300 e. The third-order valence-corrected chi connectivity index (χ3v) is 5.07. The van der Waals surface area contributed by atoms with Gasteiger partial charge in [0.25, 0.3) is 5.91 Å². The van der Waals surface area contributed by atoms with Crippen LogP contribution in [0.25, 0.3) is 6.08 Å². The number of aliphatic imine (C=N–C) groups is 1. The van der Waals surface area contributed by atoms with Crippen LogP contribution in [0, 0.1) is 6.92 Å². The Bertz CT molecular complexity index is 751. The second-order valence-electron chi connectivity index (χ2n) is 4.38. The molecule has 106 valence electrons. The lowest BCUT2D eigenvalue weighted by Gasteiger charge is -2.02. The van der Waals surface area contributed by atoms with Crippen molar-refractivity contribution in [3.63, 3.8) is 0 Å². The molecule has 1 aromatic heterocycles. The monoisotopic (exact) mass is 334 g/mol. The molecule has 1 fully saturated rings. The van der Waals surface area contributed by atoms with Gasteiger partial charge in [0.1, 0.15) is 0 Å². The average Bonchev–Trinajstić information content (AvgIpc) is 3.07. The number of hydrogen-bond donors (Lipinski definition) is 1. The van der Waals surface area contributed by atoms with Crippen LogP contribution < -0.4 is 5.32 Å². The van der Waals surface area contributed by atoms with Gasteiger partial charge in [0.2, 0.25) is 0 Å². The summed E-state index contributed by atoms with van der Waals surface area (Å²) in [5.41, 5.74) is 1.67. The number of amidine groups is 1. The fourth-order valence-electron chi connectivity index (χ4n) is 1.81. The summed E-state index contributed by atoms with van der Waals surface area (Å²) in [5.74, 6) is -0.119. The highest BCUT2D eigenvalue weighted by Gasteiger charge is 2.24. The van der Waals surface area contributed by atoms with E-state index in [1.165, 1.54) is 11.8 Å². The van der Waals surface area contributed by atoms with Gasteiger partial charge in [-0.1, -0.05) is 23.7 Å². The summed E-state index contributed by atoms with van der Waals surface area (Å²) in [6, 6.07) is 9.48. The molecule has 0 saturated carbocycles. The third-order valence-electron chi connectivity index (χ3n) is 2.93. The third kappa shape index (κ3) is 3.20. The summed E-state index contributed by atoms with van der Waals surface area (Å²) >= 11 is 9.01. The van der Waals surface area contributed by atoms with E-state index in [9.17, 15) is 4.79 Å². The molecule has 1 aromatic carbocycles. The second kappa shape index (κ2) is 6.05. The normalized spacial score (nSPS) is 18.5. The molecule has 21 heavy (non-hydrogen) atoms. The number of nitrogens with zero attached hydrogens (tertiary/aromatic N) is 1. The molecule has 2 heterocycles. The van der Waals surface area contributed by atoms with Gasteiger partial charge in [-0.15, -0.1) is 11.3 Å². The Morgan fingerprint density at radius 3 is 2.90 bits per heavy atom. The Morgan fingerprint density at radius 1 is 1.29 bits per heavy atom. The van der Waals surface area contributed by atoms with Crippen LogP contribution in [0.15, 0.2) is 45.6 Å². The van der Waals surface area contributed by atoms with Crippen LogP contribution >= 0.6 is 34.7 Å². The number of thioether (sulfide) groups is 1. The van der Waals surface area contributed by atoms with Crippen molar-refractivity contribution in [2.75, 3.05) is 0 Å². The Morgan fingerprint density at radius 2 is 2.14 bits per heavy atom. The lowest BCUT2D eigenvalue weighted by atomic mass is 10.2. The van der Waals surface area contributed by atoms with Gasteiger partial charge in [0.15, 0.2) is 5.17 Å². The van der Waals surface area contributed by atoms with Gasteiger partial charge in [0, 0.05) is 9.90 Å². The van der Waals surface area contributed by atoms with Crippen LogP contribution in [0.4, 0.5) is 5.69 Å². The Labute approximate surface area is 135 Å². The summed E-state index contributed by atoms with van der Waals surface area (Å²) in [4.78, 5) is 18.1. The molecular weight excluding hydrogens is 324 g/mol. The highest BCUT2D eigenvalue weighted by Crippen LogP contribution is 2.31. The number of carbonyl (C=O) groups excluding carboxylic acids is 1. The minimum atomic E-state index is -0.119. The molecule has 0 spiro atoms. The van der Waals surface area contributed by atoms with Crippen molar-refractivity contribution in [2.45, 2.75) is 6.92 Å². The van der Waals surface area contributed by atoms with Gasteiger partial charge < -0.3 is 5.32 Å². The first-order chi connectivity index (χ1) is 10.1. The number of nitrogens with one attached hydrogen (secondary N) is 1. The van der Waals surface area contributed by atoms with Crippen molar-refractivity contribution < 1.29 is 4.79 Å². The second-order valence-corrected chi connectivity index (χ2v) is 6.80. The van der Waals surface area contributed by atoms with Gasteiger partial charge in [-0.05, 0) is 53.9 Å². The zero-order valence-electron chi connectivity index (χ0n) is 11.1. The van der Waals surface area contributed by atoms with Crippen LogP contribution in [-0.4, -0.2) is 11.1 Å². The standard InChI is InChI=1S/C15H11ClN2OS2/c1-9-11(16)5-2-6-12(9)17-15-18-14(19)13(21-15)8-10-4-3-7-20-10/h2-8H,1H3,(H,17,18,19)/b13-8-. The van der Waals surface area contributed by atoms with Crippen LogP contribution in [0.3, 0.4) is 0 Å². The molecule has 1 saturated heterocycles. The smallest absolute Gasteiger partial charge is 0.264 e. The van der Waals surface area contributed by atoms with Gasteiger partial charge in [-0.25, -0.2) is 4.99 Å². The van der Waals surface area contributed by atoms with E-state index in [1.54, 1.807) is 11.3 Å². The van der Waals surface area contributed by atoms with E-state index in [-0.39, 0.29) is 5.91 Å². The molecule has 1 amide bonds. The van der Waals surface area contributed by atoms with Crippen molar-refractivity contribution in [3.8, 4) is 0 Å². The van der Waals surface area contributed by atoms with Gasteiger partial charge in [-0.3, -0.25) is 4.79 Å². The minimum Gasteiger partial charge on any atom is -0.300 e. The first-order valence-electron chi connectivity index (χ1n) is 6.22. The van der Waals surface area contributed by atoms with Crippen molar-refractivity contribution in [3.05, 3.63) is 56.1 Å². The van der Waals surface area contributed by atoms with E-state index in [1.807, 2.05) is 48.7 Å². The first-order valence-corrected chi connectivity index (χ1v) is 8.29. The zero-order chi connectivity index (χ0) is 14.8. The van der Waals surface area contributed by atoms with Crippen molar-refractivity contribution in [1.82, 2.24) is 5.32 Å². The predicted molar refractivity (Wildman–Crippen MR) is 91.3 cm³/mol. The van der Waals surface area contributed by atoms with Crippen LogP contribution in [0.5, 0.6) is 0 Å². The van der Waals surface area contributed by atoms with Crippen molar-refractivity contribution in [2.24, 2.45) is 4.99 Å². The molecule has 0 bridgehead atoms. The Balaban J connectivity index is 1.87. The van der Waals surface area contributed by atoms with Crippen LogP contribution in [0.2, 0.25) is 5.02 Å². The van der Waals surface area contributed by atoms with E-state index in [0.29, 0.717) is 15.1 Å². The fourth-order valence-corrected chi connectivity index (χ4v) is 3.54. The Kier molecular flexibility index (Phi) is 4.14. The minimum absolute atomic E-state index is 0.119. The number of carbonyl (C=O) groups is 1. The highest BCUT2D eigenvalue weighted by molar-refractivity contribution is 8.18. The summed E-state index contributed by atoms with van der Waals surface area (Å²) in [7, 11) is 0. The van der Waals surface area contributed by atoms with Gasteiger partial charge in [0.05, 0.1) is 10.6 Å². The maximum absolute atomic E-state index is 12.0. The highest BCUT2D eigenvalue weighted by atomic mass is 35.5. The summed E-state index contributed by atoms with van der Waals surface area (Å²) in [6.45, 7) is 1.91. The maximum Gasteiger partial charge on any atom is 0.264 e. The van der Waals surface area contributed by atoms with E-state index < -0.39 is 0 Å². The van der Waals surface area contributed by atoms with E-state index >= 15 is 0 Å². The van der Waals surface area contributed by atoms with Gasteiger partial charge >= 0.3 is 0 Å². The molecule has 1 aliphatic heterocycles.